The van der Waals surface area contributed by atoms with Gasteiger partial charge in [-0.2, -0.15) is 10.4 Å². The van der Waals surface area contributed by atoms with Gasteiger partial charge in [0.25, 0.3) is 0 Å². The monoisotopic (exact) mass is 229 g/mol. The van der Waals surface area contributed by atoms with Gasteiger partial charge in [0.15, 0.2) is 5.69 Å². The maximum absolute atomic E-state index is 10.7. The highest BCUT2D eigenvalue weighted by molar-refractivity contribution is 5.91. The van der Waals surface area contributed by atoms with Gasteiger partial charge in [-0.3, -0.25) is 0 Å². The zero-order chi connectivity index (χ0) is 12.4. The fourth-order valence-corrected chi connectivity index (χ4v) is 1.37. The number of hydrogen-bond donors (Lipinski definition) is 2. The van der Waals surface area contributed by atoms with E-state index in [1.54, 1.807) is 6.20 Å². The van der Waals surface area contributed by atoms with Gasteiger partial charge >= 0.3 is 5.97 Å². The smallest absolute Gasteiger partial charge is 0.339 e. The van der Waals surface area contributed by atoms with Crippen LogP contribution in [-0.2, 0) is 0 Å². The highest BCUT2D eigenvalue weighted by Gasteiger charge is 2.10. The fourth-order valence-electron chi connectivity index (χ4n) is 1.37. The number of nitriles is 1. The maximum Gasteiger partial charge on any atom is 0.339 e. The third-order valence-corrected chi connectivity index (χ3v) is 2.18. The molecule has 17 heavy (non-hydrogen) atoms. The minimum Gasteiger partial charge on any atom is -0.507 e. The highest BCUT2D eigenvalue weighted by Crippen LogP contribution is 2.20. The summed E-state index contributed by atoms with van der Waals surface area (Å²) in [5.74, 6) is -1.55. The molecule has 0 atom stereocenters. The molecule has 6 heteroatoms. The summed E-state index contributed by atoms with van der Waals surface area (Å²) < 4.78 is 1.38. The number of benzene rings is 1. The Hall–Kier alpha value is -2.81. The van der Waals surface area contributed by atoms with Crippen LogP contribution in [-0.4, -0.2) is 26.0 Å². The zero-order valence-corrected chi connectivity index (χ0v) is 8.53. The highest BCUT2D eigenvalue weighted by atomic mass is 16.4. The molecule has 1 aromatic heterocycles. The van der Waals surface area contributed by atoms with Crippen LogP contribution in [0.25, 0.3) is 5.69 Å². The van der Waals surface area contributed by atoms with Crippen molar-refractivity contribution in [2.24, 2.45) is 0 Å². The Morgan fingerprint density at radius 1 is 1.41 bits per heavy atom. The van der Waals surface area contributed by atoms with Crippen LogP contribution in [0.3, 0.4) is 0 Å². The summed E-state index contributed by atoms with van der Waals surface area (Å²) in [5.41, 5.74) is 0.544. The Morgan fingerprint density at radius 3 is 2.71 bits per heavy atom. The number of nitrogens with zero attached hydrogens (tertiary/aromatic N) is 3. The van der Waals surface area contributed by atoms with Gasteiger partial charge in [-0.25, -0.2) is 9.48 Å². The van der Waals surface area contributed by atoms with Crippen molar-refractivity contribution in [2.45, 2.75) is 0 Å². The minimum atomic E-state index is -1.20. The lowest BCUT2D eigenvalue weighted by atomic mass is 10.2. The molecule has 0 spiro atoms. The average Bonchev–Trinajstić information content (AvgIpc) is 2.76. The van der Waals surface area contributed by atoms with Crippen LogP contribution in [0, 0.1) is 11.3 Å². The number of aromatic nitrogens is 2. The summed E-state index contributed by atoms with van der Waals surface area (Å²) in [4.78, 5) is 10.7. The van der Waals surface area contributed by atoms with Gasteiger partial charge in [-0.15, -0.1) is 0 Å². The molecule has 6 nitrogen and oxygen atoms in total. The molecule has 0 aliphatic carbocycles. The summed E-state index contributed by atoms with van der Waals surface area (Å²) >= 11 is 0. The Balaban J connectivity index is 2.45. The van der Waals surface area contributed by atoms with E-state index >= 15 is 0 Å². The summed E-state index contributed by atoms with van der Waals surface area (Å²) in [5, 5.41) is 30.8. The molecule has 0 amide bonds. The normalized spacial score (nSPS) is 9.82. The molecule has 1 heterocycles. The minimum absolute atomic E-state index is 0.179. The number of carboxylic acid groups (broad SMARTS) is 1. The van der Waals surface area contributed by atoms with E-state index in [9.17, 15) is 9.90 Å². The largest absolute Gasteiger partial charge is 0.507 e. The van der Waals surface area contributed by atoms with Crippen molar-refractivity contribution < 1.29 is 15.0 Å². The molecule has 2 N–H and O–H groups in total. The molecule has 0 saturated carbocycles. The van der Waals surface area contributed by atoms with E-state index in [-0.39, 0.29) is 17.0 Å². The number of aromatic carboxylic acids is 1. The average molecular weight is 229 g/mol. The Morgan fingerprint density at radius 2 is 2.18 bits per heavy atom. The number of hydrogen-bond acceptors (Lipinski definition) is 4. The van der Waals surface area contributed by atoms with Crippen LogP contribution in [0.1, 0.15) is 16.1 Å². The second kappa shape index (κ2) is 3.98. The van der Waals surface area contributed by atoms with Crippen LogP contribution in [0.15, 0.2) is 30.5 Å². The van der Waals surface area contributed by atoms with Gasteiger partial charge in [0.1, 0.15) is 17.4 Å². The molecule has 2 rings (SSSR count). The third kappa shape index (κ3) is 1.94. The summed E-state index contributed by atoms with van der Waals surface area (Å²) in [6.45, 7) is 0. The van der Waals surface area contributed by atoms with Crippen molar-refractivity contribution in [2.75, 3.05) is 0 Å². The first kappa shape index (κ1) is 10.7. The Labute approximate surface area is 96.0 Å². The predicted octanol–water partition coefficient (Wildman–Crippen LogP) is 1.15. The number of phenols is 1. The number of carboxylic acids is 1. The molecule has 84 valence electrons. The van der Waals surface area contributed by atoms with E-state index in [0.717, 1.165) is 0 Å². The first-order chi connectivity index (χ1) is 8.11. The Bertz CT molecular complexity index is 625. The van der Waals surface area contributed by atoms with E-state index in [4.69, 9.17) is 10.4 Å². The number of aromatic hydroxyl groups is 1. The quantitative estimate of drug-likeness (QED) is 0.804. The number of rotatable bonds is 2. The molecular formula is C11H7N3O3. The second-order valence-corrected chi connectivity index (χ2v) is 3.26. The van der Waals surface area contributed by atoms with Gasteiger partial charge in [0, 0.05) is 12.3 Å². The summed E-state index contributed by atoms with van der Waals surface area (Å²) in [6, 6.07) is 7.44. The topological polar surface area (TPSA) is 99.1 Å². The standard InChI is InChI=1S/C11H7N3O3/c12-6-7-3-4-14(13-7)8-1-2-9(11(16)17)10(15)5-8/h1-5,15H,(H,16,17). The molecule has 0 aliphatic rings. The van der Waals surface area contributed by atoms with E-state index in [1.807, 2.05) is 6.07 Å². The van der Waals surface area contributed by atoms with Gasteiger partial charge in [-0.1, -0.05) is 0 Å². The first-order valence-electron chi connectivity index (χ1n) is 4.64. The van der Waals surface area contributed by atoms with E-state index in [2.05, 4.69) is 5.10 Å². The summed E-state index contributed by atoms with van der Waals surface area (Å²) in [7, 11) is 0. The van der Waals surface area contributed by atoms with E-state index < -0.39 is 5.97 Å². The molecular weight excluding hydrogens is 222 g/mol. The van der Waals surface area contributed by atoms with Crippen LogP contribution in [0.4, 0.5) is 0 Å². The van der Waals surface area contributed by atoms with Crippen LogP contribution in [0.2, 0.25) is 0 Å². The predicted molar refractivity (Wildman–Crippen MR) is 56.9 cm³/mol. The molecule has 0 saturated heterocycles. The Kier molecular flexibility index (Phi) is 2.51. The second-order valence-electron chi connectivity index (χ2n) is 3.26. The van der Waals surface area contributed by atoms with E-state index in [1.165, 1.54) is 28.9 Å². The van der Waals surface area contributed by atoms with Gasteiger partial charge in [-0.05, 0) is 18.2 Å². The lowest BCUT2D eigenvalue weighted by molar-refractivity contribution is 0.0694. The maximum atomic E-state index is 10.7. The zero-order valence-electron chi connectivity index (χ0n) is 8.53. The molecule has 0 unspecified atom stereocenters. The number of carbonyl (C=O) groups is 1. The molecule has 2 aromatic rings. The van der Waals surface area contributed by atoms with Crippen molar-refractivity contribution in [1.82, 2.24) is 9.78 Å². The molecule has 0 bridgehead atoms. The van der Waals surface area contributed by atoms with Gasteiger partial charge < -0.3 is 10.2 Å². The molecule has 0 aliphatic heterocycles. The lowest BCUT2D eigenvalue weighted by Gasteiger charge is -2.04. The van der Waals surface area contributed by atoms with Crippen molar-refractivity contribution in [3.05, 3.63) is 41.7 Å². The van der Waals surface area contributed by atoms with Gasteiger partial charge in [0.2, 0.25) is 0 Å². The molecule has 1 aromatic carbocycles. The molecule has 0 fully saturated rings. The van der Waals surface area contributed by atoms with E-state index in [0.29, 0.717) is 5.69 Å². The van der Waals surface area contributed by atoms with Crippen LogP contribution >= 0.6 is 0 Å². The summed E-state index contributed by atoms with van der Waals surface area (Å²) in [6.07, 6.45) is 1.55. The molecule has 0 radical (unpaired) electrons. The van der Waals surface area contributed by atoms with Crippen LogP contribution < -0.4 is 0 Å². The fraction of sp³-hybridized carbons (Fsp3) is 0. The van der Waals surface area contributed by atoms with Crippen molar-refractivity contribution >= 4 is 5.97 Å². The van der Waals surface area contributed by atoms with Crippen LogP contribution in [0.5, 0.6) is 5.75 Å². The lowest BCUT2D eigenvalue weighted by Crippen LogP contribution is -2.00. The third-order valence-electron chi connectivity index (χ3n) is 2.18. The SMILES string of the molecule is N#Cc1ccn(-c2ccc(C(=O)O)c(O)c2)n1. The van der Waals surface area contributed by atoms with Gasteiger partial charge in [0.05, 0.1) is 5.69 Å². The van der Waals surface area contributed by atoms with Crippen molar-refractivity contribution in [1.29, 1.82) is 5.26 Å². The van der Waals surface area contributed by atoms with Crippen molar-refractivity contribution in [3.63, 3.8) is 0 Å². The van der Waals surface area contributed by atoms with Crippen molar-refractivity contribution in [3.8, 4) is 17.5 Å². The first-order valence-corrected chi connectivity index (χ1v) is 4.64.